The molecule has 0 unspecified atom stereocenters. The van der Waals surface area contributed by atoms with E-state index in [4.69, 9.17) is 0 Å². The summed E-state index contributed by atoms with van der Waals surface area (Å²) >= 11 is 0. The Hall–Kier alpha value is -6.10. The summed E-state index contributed by atoms with van der Waals surface area (Å²) in [7, 11) is 0. The Bertz CT molecular complexity index is 3180. The van der Waals surface area contributed by atoms with Crippen LogP contribution in [-0.2, 0) is 22.7 Å². The van der Waals surface area contributed by atoms with Crippen LogP contribution in [0, 0.1) is 11.6 Å². The minimum atomic E-state index is -1.39. The molecule has 4 atom stereocenters. The molecule has 0 aliphatic heterocycles. The van der Waals surface area contributed by atoms with Gasteiger partial charge in [0, 0.05) is 71.8 Å². The molecule has 0 fully saturated rings. The third-order valence-corrected chi connectivity index (χ3v) is 13.8. The Labute approximate surface area is 559 Å². The molecule has 6 aromatic carbocycles. The maximum atomic E-state index is 14.0. The smallest absolute Gasteiger partial charge is 0.870 e. The van der Waals surface area contributed by atoms with E-state index < -0.39 is 60.8 Å². The monoisotopic (exact) mass is 1230 g/mol. The van der Waals surface area contributed by atoms with E-state index in [0.29, 0.717) is 56.1 Å². The van der Waals surface area contributed by atoms with Gasteiger partial charge in [-0.15, -0.1) is 0 Å². The molecule has 8 rings (SSSR count). The molecule has 2 amide bonds. The number of aliphatic hydroxyl groups excluding tert-OH is 4. The number of rotatable bonds is 24. The van der Waals surface area contributed by atoms with Crippen LogP contribution < -0.4 is 20.8 Å². The molecule has 20 heteroatoms. The third-order valence-electron chi connectivity index (χ3n) is 13.8. The molecule has 0 aliphatic carbocycles. The number of aliphatic carboxylic acids is 2. The van der Waals surface area contributed by atoms with E-state index >= 15 is 0 Å². The van der Waals surface area contributed by atoms with Crippen LogP contribution in [0.25, 0.3) is 44.8 Å². The van der Waals surface area contributed by atoms with E-state index in [1.807, 2.05) is 134 Å². The largest absolute Gasteiger partial charge is 2.00 e. The van der Waals surface area contributed by atoms with Crippen molar-refractivity contribution in [1.82, 2.24) is 9.13 Å². The first-order chi connectivity index (χ1) is 39.3. The van der Waals surface area contributed by atoms with Gasteiger partial charge < -0.3 is 70.9 Å². The molecule has 2 heterocycles. The second-order valence-electron chi connectivity index (χ2n) is 20.8. The summed E-state index contributed by atoms with van der Waals surface area (Å²) in [4.78, 5) is 49.8. The molecule has 0 saturated carbocycles. The fourth-order valence-electron chi connectivity index (χ4n) is 10.4. The van der Waals surface area contributed by atoms with E-state index in [1.54, 1.807) is 48.5 Å². The van der Waals surface area contributed by atoms with E-state index in [2.05, 4.69) is 10.6 Å². The van der Waals surface area contributed by atoms with Gasteiger partial charge in [0.05, 0.1) is 46.9 Å². The molecule has 0 spiro atoms. The molecular formula is C66H70Ca2F2N4O12. The second-order valence-corrected chi connectivity index (χ2v) is 20.8. The number of aliphatic hydroxyl groups is 4. The van der Waals surface area contributed by atoms with Gasteiger partial charge in [0.1, 0.15) is 11.6 Å². The topological polar surface area (TPSA) is 289 Å². The zero-order valence-corrected chi connectivity index (χ0v) is 52.9. The third kappa shape index (κ3) is 20.0. The molecule has 8 aromatic rings. The van der Waals surface area contributed by atoms with Crippen molar-refractivity contribution in [1.29, 1.82) is 0 Å². The minimum Gasteiger partial charge on any atom is -0.870 e. The van der Waals surface area contributed by atoms with Gasteiger partial charge in [0.2, 0.25) is 0 Å². The van der Waals surface area contributed by atoms with E-state index in [9.17, 15) is 58.6 Å². The number of para-hydroxylation sites is 2. The van der Waals surface area contributed by atoms with Crippen molar-refractivity contribution < 1.29 is 69.6 Å². The maximum absolute atomic E-state index is 14.0. The number of hydrogen-bond acceptors (Lipinski definition) is 12. The van der Waals surface area contributed by atoms with Gasteiger partial charge in [-0.25, -0.2) is 8.78 Å². The number of anilines is 2. The molecule has 8 N–H and O–H groups in total. The van der Waals surface area contributed by atoms with Gasteiger partial charge in [-0.3, -0.25) is 9.59 Å². The average Bonchev–Trinajstić information content (AvgIpc) is 1.82. The van der Waals surface area contributed by atoms with Crippen molar-refractivity contribution in [2.75, 3.05) is 10.6 Å². The molecule has 0 radical (unpaired) electrons. The number of nitrogens with one attached hydrogen (secondary N) is 2. The van der Waals surface area contributed by atoms with Crippen molar-refractivity contribution in [3.05, 3.63) is 204 Å². The van der Waals surface area contributed by atoms with Gasteiger partial charge >= 0.3 is 75.5 Å². The molecule has 16 nitrogen and oxygen atoms in total. The van der Waals surface area contributed by atoms with Crippen LogP contribution in [-0.4, -0.2) is 164 Å². The minimum absolute atomic E-state index is 0. The van der Waals surface area contributed by atoms with Gasteiger partial charge in [0.15, 0.2) is 0 Å². The number of benzene rings is 6. The standard InChI is InChI=1S/2C33H35FN2O5.2Ca.2H2O/c2*1-21(2)31-30(33(41)35-25-11-7-4-8-12-25)29(22-9-5-3-6-10-22)32(23-13-15-24(34)16-14-23)36(31)18-17-26(37)19-27(38)20-28(39)40;;;;/h2*3-16,21,26-27,37-38H,17-20H2,1-2H3,(H,35,41)(H,39,40);;;2*1H2/q;;2*+2;;/p-4/t2*26-,27-;;;;/m11..../s1. The normalized spacial score (nSPS) is 12.1. The van der Waals surface area contributed by atoms with Crippen LogP contribution in [0.5, 0.6) is 0 Å². The molecule has 0 aliphatic rings. The Morgan fingerprint density at radius 2 is 0.733 bits per heavy atom. The fraction of sp³-hybridized carbons (Fsp3) is 0.273. The number of hydrogen-bond donors (Lipinski definition) is 6. The van der Waals surface area contributed by atoms with Crippen LogP contribution in [0.2, 0.25) is 0 Å². The summed E-state index contributed by atoms with van der Waals surface area (Å²) in [6, 6.07) is 49.4. The summed E-state index contributed by atoms with van der Waals surface area (Å²) in [5.74, 6) is -4.41. The van der Waals surface area contributed by atoms with Crippen LogP contribution in [0.15, 0.2) is 170 Å². The Morgan fingerprint density at radius 3 is 1.01 bits per heavy atom. The number of carbonyl (C=O) groups excluding carboxylic acids is 4. The van der Waals surface area contributed by atoms with Crippen molar-refractivity contribution in [3.8, 4) is 44.8 Å². The molecular weight excluding hydrogens is 1160 g/mol. The zero-order chi connectivity index (χ0) is 59.0. The van der Waals surface area contributed by atoms with Crippen molar-refractivity contribution >= 4 is 111 Å². The van der Waals surface area contributed by atoms with Crippen LogP contribution in [0.4, 0.5) is 20.2 Å². The van der Waals surface area contributed by atoms with Crippen LogP contribution in [0.1, 0.15) is 110 Å². The predicted octanol–water partition coefficient (Wildman–Crippen LogP) is 8.84. The number of halogens is 2. The van der Waals surface area contributed by atoms with Crippen molar-refractivity contribution in [2.45, 2.75) is 116 Å². The first-order valence-corrected chi connectivity index (χ1v) is 27.3. The number of carbonyl (C=O) groups is 4. The van der Waals surface area contributed by atoms with Gasteiger partial charge in [-0.05, 0) is 133 Å². The molecule has 0 bridgehead atoms. The van der Waals surface area contributed by atoms with Crippen molar-refractivity contribution in [3.63, 3.8) is 0 Å². The van der Waals surface area contributed by atoms with E-state index in [0.717, 1.165) is 22.5 Å². The van der Waals surface area contributed by atoms with Gasteiger partial charge in [0.25, 0.3) is 11.8 Å². The second kappa shape index (κ2) is 35.6. The number of nitrogens with zero attached hydrogens (tertiary/aromatic N) is 2. The molecule has 2 aromatic heterocycles. The van der Waals surface area contributed by atoms with Crippen molar-refractivity contribution in [2.24, 2.45) is 0 Å². The zero-order valence-electron chi connectivity index (χ0n) is 48.5. The molecule has 444 valence electrons. The van der Waals surface area contributed by atoms with Gasteiger partial charge in [-0.1, -0.05) is 125 Å². The fourth-order valence-corrected chi connectivity index (χ4v) is 10.4. The SMILES string of the molecule is CC(C)c1c(C(=O)Nc2ccccc2)c(-c2ccccc2)c(-c2ccc(F)cc2)n1CC[C@@H](O)C[C@@H](O)CC(=O)[O-].CC(C)c1c(C(=O)Nc2ccccc2)c(-c2ccccc2)c(-c2ccc(F)cc2)n1CC[C@@H](O)C[C@@H](O)CC(=O)[O-].[Ca+2].[Ca+2].[OH-].[OH-]. The van der Waals surface area contributed by atoms with Crippen LogP contribution in [0.3, 0.4) is 0 Å². The van der Waals surface area contributed by atoms with E-state index in [-0.39, 0.29) is 149 Å². The maximum Gasteiger partial charge on any atom is 2.00 e. The number of carboxylic acid groups (broad SMARTS) is 2. The Kier molecular flexibility index (Phi) is 30.7. The quantitative estimate of drug-likeness (QED) is 0.0309. The Balaban J connectivity index is 0.000000430. The summed E-state index contributed by atoms with van der Waals surface area (Å²) in [5, 5.41) is 69.2. The summed E-state index contributed by atoms with van der Waals surface area (Å²) < 4.78 is 32.0. The summed E-state index contributed by atoms with van der Waals surface area (Å²) in [5.41, 5.74) is 9.43. The predicted molar refractivity (Wildman–Crippen MR) is 325 cm³/mol. The Morgan fingerprint density at radius 1 is 0.442 bits per heavy atom. The summed E-state index contributed by atoms with van der Waals surface area (Å²) in [6.45, 7) is 8.45. The van der Waals surface area contributed by atoms with E-state index in [1.165, 1.54) is 24.3 Å². The average molecular weight is 1230 g/mol. The number of carboxylic acids is 2. The number of aromatic nitrogens is 2. The van der Waals surface area contributed by atoms with Gasteiger partial charge in [-0.2, -0.15) is 0 Å². The summed E-state index contributed by atoms with van der Waals surface area (Å²) in [6.07, 6.45) is -5.54. The van der Waals surface area contributed by atoms with Crippen LogP contribution >= 0.6 is 0 Å². The molecule has 86 heavy (non-hydrogen) atoms. The first kappa shape index (κ1) is 74.2. The number of amides is 2. The first-order valence-electron chi connectivity index (χ1n) is 27.3. The molecule has 0 saturated heterocycles.